The Bertz CT molecular complexity index is 388. The van der Waals surface area contributed by atoms with Crippen molar-refractivity contribution in [2.75, 3.05) is 0 Å². The summed E-state index contributed by atoms with van der Waals surface area (Å²) in [6.07, 6.45) is 4.91. The summed E-state index contributed by atoms with van der Waals surface area (Å²) in [5.41, 5.74) is 2.85. The van der Waals surface area contributed by atoms with Crippen LogP contribution >= 0.6 is 0 Å². The van der Waals surface area contributed by atoms with Crippen molar-refractivity contribution in [3.05, 3.63) is 17.2 Å². The predicted octanol–water partition coefficient (Wildman–Crippen LogP) is 5.51. The van der Waals surface area contributed by atoms with Crippen LogP contribution in [0.5, 0.6) is 0 Å². The van der Waals surface area contributed by atoms with Crippen molar-refractivity contribution in [1.82, 2.24) is 9.97 Å². The monoisotopic (exact) mass is 264 g/mol. The van der Waals surface area contributed by atoms with Gasteiger partial charge < -0.3 is 4.98 Å². The highest BCUT2D eigenvalue weighted by Gasteiger charge is 2.29. The maximum atomic E-state index is 4.95. The number of rotatable bonds is 7. The van der Waals surface area contributed by atoms with Crippen molar-refractivity contribution < 1.29 is 0 Å². The third-order valence-electron chi connectivity index (χ3n) is 4.20. The molecule has 110 valence electrons. The van der Waals surface area contributed by atoms with Gasteiger partial charge in [0.2, 0.25) is 0 Å². The molecule has 0 bridgehead atoms. The smallest absolute Gasteiger partial charge is 0.109 e. The summed E-state index contributed by atoms with van der Waals surface area (Å²) in [6.45, 7) is 15.9. The molecule has 1 aromatic heterocycles. The first-order valence-electron chi connectivity index (χ1n) is 7.93. The zero-order valence-corrected chi connectivity index (χ0v) is 13.9. The minimum Gasteiger partial charge on any atom is -0.345 e. The van der Waals surface area contributed by atoms with Crippen molar-refractivity contribution >= 4 is 0 Å². The number of hydrogen-bond donors (Lipinski definition) is 1. The molecule has 2 heteroatoms. The molecule has 0 aliphatic rings. The van der Waals surface area contributed by atoms with Gasteiger partial charge in [0, 0.05) is 17.0 Å². The molecule has 19 heavy (non-hydrogen) atoms. The molecule has 1 atom stereocenters. The van der Waals surface area contributed by atoms with Crippen LogP contribution in [0.15, 0.2) is 0 Å². The molecule has 1 unspecified atom stereocenters. The summed E-state index contributed by atoms with van der Waals surface area (Å²) in [5.74, 6) is 2.18. The van der Waals surface area contributed by atoms with Gasteiger partial charge in [-0.15, -0.1) is 0 Å². The standard InChI is InChI=1S/C17H32N2/c1-8-10-11-17(6,7)15-14(13(5)9-2)18-16(19-15)12(3)4/h12-13H,8-11H2,1-7H3,(H,18,19). The molecule has 0 fully saturated rings. The van der Waals surface area contributed by atoms with Gasteiger partial charge >= 0.3 is 0 Å². The van der Waals surface area contributed by atoms with Gasteiger partial charge in [-0.1, -0.05) is 61.3 Å². The fraction of sp³-hybridized carbons (Fsp3) is 0.824. The molecule has 0 saturated heterocycles. The maximum absolute atomic E-state index is 4.95. The fourth-order valence-corrected chi connectivity index (χ4v) is 2.49. The summed E-state index contributed by atoms with van der Waals surface area (Å²) in [6, 6.07) is 0. The van der Waals surface area contributed by atoms with Crippen LogP contribution in [-0.4, -0.2) is 9.97 Å². The minimum atomic E-state index is 0.179. The van der Waals surface area contributed by atoms with Crippen LogP contribution < -0.4 is 0 Å². The van der Waals surface area contributed by atoms with E-state index in [4.69, 9.17) is 4.98 Å². The largest absolute Gasteiger partial charge is 0.345 e. The van der Waals surface area contributed by atoms with Crippen LogP contribution in [0.25, 0.3) is 0 Å². The number of nitrogens with one attached hydrogen (secondary N) is 1. The zero-order chi connectivity index (χ0) is 14.6. The molecule has 0 aromatic carbocycles. The van der Waals surface area contributed by atoms with E-state index in [-0.39, 0.29) is 5.41 Å². The van der Waals surface area contributed by atoms with Gasteiger partial charge in [-0.25, -0.2) is 4.98 Å². The van der Waals surface area contributed by atoms with Gasteiger partial charge in [-0.05, 0) is 18.8 Å². The fourth-order valence-electron chi connectivity index (χ4n) is 2.49. The summed E-state index contributed by atoms with van der Waals surface area (Å²) < 4.78 is 0. The van der Waals surface area contributed by atoms with Gasteiger partial charge in [0.1, 0.15) is 5.82 Å². The van der Waals surface area contributed by atoms with Crippen molar-refractivity contribution in [2.24, 2.45) is 0 Å². The maximum Gasteiger partial charge on any atom is 0.109 e. The molecular formula is C17H32N2. The first-order chi connectivity index (χ1) is 8.83. The highest BCUT2D eigenvalue weighted by atomic mass is 15.0. The molecule has 0 radical (unpaired) electrons. The second kappa shape index (κ2) is 6.58. The number of H-pyrrole nitrogens is 1. The van der Waals surface area contributed by atoms with E-state index in [0.717, 1.165) is 12.2 Å². The Morgan fingerprint density at radius 2 is 1.79 bits per heavy atom. The van der Waals surface area contributed by atoms with E-state index in [1.807, 2.05) is 0 Å². The molecular weight excluding hydrogens is 232 g/mol. The summed E-state index contributed by atoms with van der Waals surface area (Å²) in [7, 11) is 0. The lowest BCUT2D eigenvalue weighted by atomic mass is 9.81. The number of nitrogens with zero attached hydrogens (tertiary/aromatic N) is 1. The first kappa shape index (κ1) is 16.3. The van der Waals surface area contributed by atoms with E-state index in [1.165, 1.54) is 30.7 Å². The van der Waals surface area contributed by atoms with Crippen LogP contribution in [0.4, 0.5) is 0 Å². The zero-order valence-electron chi connectivity index (χ0n) is 13.9. The Labute approximate surface area is 119 Å². The average molecular weight is 264 g/mol. The van der Waals surface area contributed by atoms with Gasteiger partial charge in [-0.2, -0.15) is 0 Å². The first-order valence-corrected chi connectivity index (χ1v) is 7.93. The van der Waals surface area contributed by atoms with Crippen molar-refractivity contribution in [3.63, 3.8) is 0 Å². The van der Waals surface area contributed by atoms with E-state index < -0.39 is 0 Å². The molecule has 1 N–H and O–H groups in total. The summed E-state index contributed by atoms with van der Waals surface area (Å²) in [5, 5.41) is 0. The SMILES string of the molecule is CCCCC(C)(C)c1nc(C(C)C)[nH]c1C(C)CC. The Morgan fingerprint density at radius 3 is 2.26 bits per heavy atom. The molecule has 0 saturated carbocycles. The Balaban J connectivity index is 3.15. The quantitative estimate of drug-likeness (QED) is 0.690. The molecule has 2 nitrogen and oxygen atoms in total. The number of unbranched alkanes of at least 4 members (excludes halogenated alkanes) is 1. The van der Waals surface area contributed by atoms with E-state index in [0.29, 0.717) is 11.8 Å². The normalized spacial score (nSPS) is 14.1. The molecule has 1 heterocycles. The second-order valence-electron chi connectivity index (χ2n) is 6.84. The van der Waals surface area contributed by atoms with Crippen LogP contribution in [0.2, 0.25) is 0 Å². The Kier molecular flexibility index (Phi) is 5.64. The minimum absolute atomic E-state index is 0.179. The molecule has 1 aromatic rings. The van der Waals surface area contributed by atoms with E-state index in [1.54, 1.807) is 0 Å². The third kappa shape index (κ3) is 3.84. The average Bonchev–Trinajstić information content (AvgIpc) is 2.81. The lowest BCUT2D eigenvalue weighted by Gasteiger charge is -2.25. The van der Waals surface area contributed by atoms with Crippen LogP contribution in [0.1, 0.15) is 103 Å². The molecule has 0 amide bonds. The summed E-state index contributed by atoms with van der Waals surface area (Å²) >= 11 is 0. The predicted molar refractivity (Wildman–Crippen MR) is 83.9 cm³/mol. The highest BCUT2D eigenvalue weighted by Crippen LogP contribution is 2.35. The van der Waals surface area contributed by atoms with Crippen molar-refractivity contribution in [1.29, 1.82) is 0 Å². The molecule has 0 spiro atoms. The Hall–Kier alpha value is -0.790. The topological polar surface area (TPSA) is 28.7 Å². The van der Waals surface area contributed by atoms with Crippen LogP contribution in [0.3, 0.4) is 0 Å². The van der Waals surface area contributed by atoms with Crippen molar-refractivity contribution in [2.45, 2.75) is 91.4 Å². The second-order valence-corrected chi connectivity index (χ2v) is 6.84. The summed E-state index contributed by atoms with van der Waals surface area (Å²) in [4.78, 5) is 8.55. The number of hydrogen-bond acceptors (Lipinski definition) is 1. The van der Waals surface area contributed by atoms with E-state index >= 15 is 0 Å². The van der Waals surface area contributed by atoms with Gasteiger partial charge in [0.25, 0.3) is 0 Å². The third-order valence-corrected chi connectivity index (χ3v) is 4.20. The van der Waals surface area contributed by atoms with Gasteiger partial charge in [-0.3, -0.25) is 0 Å². The van der Waals surface area contributed by atoms with Gasteiger partial charge in [0.05, 0.1) is 5.69 Å². The van der Waals surface area contributed by atoms with E-state index in [2.05, 4.69) is 53.5 Å². The lowest BCUT2D eigenvalue weighted by Crippen LogP contribution is -2.20. The van der Waals surface area contributed by atoms with Crippen LogP contribution in [-0.2, 0) is 5.41 Å². The van der Waals surface area contributed by atoms with Gasteiger partial charge in [0.15, 0.2) is 0 Å². The molecule has 0 aliphatic carbocycles. The Morgan fingerprint density at radius 1 is 1.16 bits per heavy atom. The number of aromatic nitrogens is 2. The lowest BCUT2D eigenvalue weighted by molar-refractivity contribution is 0.439. The molecule has 1 rings (SSSR count). The number of aromatic amines is 1. The number of imidazole rings is 1. The van der Waals surface area contributed by atoms with E-state index in [9.17, 15) is 0 Å². The van der Waals surface area contributed by atoms with Crippen LogP contribution in [0, 0.1) is 0 Å². The molecule has 0 aliphatic heterocycles. The highest BCUT2D eigenvalue weighted by molar-refractivity contribution is 5.27. The van der Waals surface area contributed by atoms with Crippen molar-refractivity contribution in [3.8, 4) is 0 Å².